The Balaban J connectivity index is 1.76. The normalized spacial score (nSPS) is 14.4. The van der Waals surface area contributed by atoms with E-state index in [9.17, 15) is 4.79 Å². The van der Waals surface area contributed by atoms with Crippen LogP contribution < -0.4 is 15.2 Å². The summed E-state index contributed by atoms with van der Waals surface area (Å²) in [6.07, 6.45) is 6.06. The lowest BCUT2D eigenvalue weighted by atomic mass is 10.1. The predicted molar refractivity (Wildman–Crippen MR) is 121 cm³/mol. The van der Waals surface area contributed by atoms with Gasteiger partial charge in [0.1, 0.15) is 5.75 Å². The number of nitrogens with zero attached hydrogens (tertiary/aromatic N) is 3. The van der Waals surface area contributed by atoms with E-state index in [0.717, 1.165) is 46.1 Å². The highest BCUT2D eigenvalue weighted by molar-refractivity contribution is 7.97. The van der Waals surface area contributed by atoms with Crippen molar-refractivity contribution in [3.8, 4) is 5.75 Å². The van der Waals surface area contributed by atoms with Gasteiger partial charge in [0.05, 0.1) is 31.6 Å². The van der Waals surface area contributed by atoms with E-state index in [-0.39, 0.29) is 5.56 Å². The lowest BCUT2D eigenvalue weighted by molar-refractivity contribution is 0.415. The highest BCUT2D eigenvalue weighted by Crippen LogP contribution is 2.34. The lowest BCUT2D eigenvalue weighted by Gasteiger charge is -2.25. The molecule has 1 N–H and O–H groups in total. The lowest BCUT2D eigenvalue weighted by Crippen LogP contribution is -2.27. The van der Waals surface area contributed by atoms with E-state index in [1.54, 1.807) is 35.9 Å². The summed E-state index contributed by atoms with van der Waals surface area (Å²) in [5, 5.41) is 3.29. The number of nitrogens with one attached hydrogen (secondary N) is 1. The SMILES string of the molecule is C=C/C=C(\C=C)Cn1[nH]c2c(c1=O)CCN(Sc1ccc(OC)c(N(C)C)c1)C2. The largest absolute Gasteiger partial charge is 0.495 e. The van der Waals surface area contributed by atoms with Crippen LogP contribution in [0.2, 0.25) is 0 Å². The number of hydrogen-bond acceptors (Lipinski definition) is 5. The number of hydrogen-bond donors (Lipinski definition) is 1. The molecule has 0 fully saturated rings. The van der Waals surface area contributed by atoms with Crippen LogP contribution in [0.4, 0.5) is 5.69 Å². The zero-order chi connectivity index (χ0) is 21.0. The molecule has 0 aliphatic carbocycles. The minimum atomic E-state index is 0.0563. The summed E-state index contributed by atoms with van der Waals surface area (Å²) in [6, 6.07) is 6.19. The molecule has 29 heavy (non-hydrogen) atoms. The van der Waals surface area contributed by atoms with Crippen LogP contribution in [-0.2, 0) is 19.5 Å². The first-order valence-corrected chi connectivity index (χ1v) is 10.3. The zero-order valence-electron chi connectivity index (χ0n) is 17.3. The predicted octanol–water partition coefficient (Wildman–Crippen LogP) is 3.61. The van der Waals surface area contributed by atoms with Crippen LogP contribution in [0.1, 0.15) is 11.3 Å². The summed E-state index contributed by atoms with van der Waals surface area (Å²) >= 11 is 1.70. The van der Waals surface area contributed by atoms with Crippen LogP contribution >= 0.6 is 11.9 Å². The van der Waals surface area contributed by atoms with Crippen molar-refractivity contribution in [2.45, 2.75) is 24.4 Å². The maximum atomic E-state index is 12.7. The molecule has 0 spiro atoms. The standard InChI is InChI=1S/C22H28N4O2S/c1-6-8-16(7-2)14-26-22(27)18-11-12-25(15-19(18)23-26)29-17-9-10-21(28-5)20(13-17)24(3)4/h6-10,13,23H,1-2,11-12,14-15H2,3-5H3/b16-8+. The van der Waals surface area contributed by atoms with E-state index in [1.807, 2.05) is 31.1 Å². The molecule has 2 heterocycles. The molecule has 154 valence electrons. The van der Waals surface area contributed by atoms with Gasteiger partial charge in [-0.05, 0) is 42.1 Å². The monoisotopic (exact) mass is 412 g/mol. The Hall–Kier alpha value is -2.64. The van der Waals surface area contributed by atoms with Crippen LogP contribution in [0.5, 0.6) is 5.75 Å². The minimum absolute atomic E-state index is 0.0563. The van der Waals surface area contributed by atoms with E-state index in [0.29, 0.717) is 13.1 Å². The molecule has 0 radical (unpaired) electrons. The van der Waals surface area contributed by atoms with Crippen LogP contribution in [-0.4, -0.2) is 41.8 Å². The molecule has 1 aliphatic heterocycles. The van der Waals surface area contributed by atoms with Gasteiger partial charge in [-0.1, -0.05) is 31.4 Å². The Morgan fingerprint density at radius 2 is 2.17 bits per heavy atom. The number of benzene rings is 1. The highest BCUT2D eigenvalue weighted by atomic mass is 32.2. The maximum absolute atomic E-state index is 12.7. The van der Waals surface area contributed by atoms with Gasteiger partial charge < -0.3 is 9.64 Å². The van der Waals surface area contributed by atoms with E-state index in [1.165, 1.54) is 0 Å². The van der Waals surface area contributed by atoms with Crippen LogP contribution in [0.3, 0.4) is 0 Å². The number of fused-ring (bicyclic) bond motifs is 1. The molecule has 0 amide bonds. The Labute approximate surface area is 176 Å². The third kappa shape index (κ3) is 4.68. The van der Waals surface area contributed by atoms with Gasteiger partial charge >= 0.3 is 0 Å². The van der Waals surface area contributed by atoms with Crippen molar-refractivity contribution in [3.05, 3.63) is 76.8 Å². The number of methoxy groups -OCH3 is 1. The van der Waals surface area contributed by atoms with Gasteiger partial charge in [0.25, 0.3) is 5.56 Å². The third-order valence-corrected chi connectivity index (χ3v) is 5.92. The number of H-pyrrole nitrogens is 1. The average Bonchev–Trinajstić information content (AvgIpc) is 3.02. The minimum Gasteiger partial charge on any atom is -0.495 e. The quantitative estimate of drug-likeness (QED) is 0.530. The first kappa shape index (κ1) is 21.1. The molecular weight excluding hydrogens is 384 g/mol. The van der Waals surface area contributed by atoms with Crippen LogP contribution in [0, 0.1) is 0 Å². The van der Waals surface area contributed by atoms with Gasteiger partial charge in [-0.2, -0.15) is 0 Å². The van der Waals surface area contributed by atoms with Gasteiger partial charge in [0.2, 0.25) is 0 Å². The van der Waals surface area contributed by atoms with Crippen molar-refractivity contribution in [2.75, 3.05) is 32.6 Å². The first-order chi connectivity index (χ1) is 14.0. The van der Waals surface area contributed by atoms with E-state index < -0.39 is 0 Å². The molecule has 3 rings (SSSR count). The van der Waals surface area contributed by atoms with Gasteiger partial charge in [-0.15, -0.1) is 0 Å². The van der Waals surface area contributed by atoms with E-state index in [2.05, 4.69) is 34.7 Å². The summed E-state index contributed by atoms with van der Waals surface area (Å²) < 4.78 is 9.38. The van der Waals surface area contributed by atoms with Crippen LogP contribution in [0.15, 0.2) is 64.8 Å². The fraction of sp³-hybridized carbons (Fsp3) is 0.318. The van der Waals surface area contributed by atoms with Crippen molar-refractivity contribution >= 4 is 17.6 Å². The third-order valence-electron chi connectivity index (χ3n) is 4.88. The second-order valence-corrected chi connectivity index (χ2v) is 8.24. The van der Waals surface area contributed by atoms with Crippen molar-refractivity contribution in [2.24, 2.45) is 0 Å². The Kier molecular flexibility index (Phi) is 6.71. The summed E-state index contributed by atoms with van der Waals surface area (Å²) in [5.41, 5.74) is 3.91. The smallest absolute Gasteiger partial charge is 0.270 e. The van der Waals surface area contributed by atoms with Gasteiger partial charge in [-0.3, -0.25) is 9.89 Å². The summed E-state index contributed by atoms with van der Waals surface area (Å²) in [5.74, 6) is 0.854. The molecule has 1 aromatic carbocycles. The fourth-order valence-corrected chi connectivity index (χ4v) is 4.35. The number of aromatic amines is 1. The van der Waals surface area contributed by atoms with Gasteiger partial charge in [0.15, 0.2) is 0 Å². The number of allylic oxidation sites excluding steroid dienone is 4. The molecule has 0 bridgehead atoms. The molecule has 1 aliphatic rings. The first-order valence-electron chi connectivity index (χ1n) is 9.49. The molecule has 0 saturated heterocycles. The molecule has 0 atom stereocenters. The molecule has 1 aromatic heterocycles. The van der Waals surface area contributed by atoms with Crippen molar-refractivity contribution in [3.63, 3.8) is 0 Å². The summed E-state index contributed by atoms with van der Waals surface area (Å²) in [4.78, 5) is 15.9. The highest BCUT2D eigenvalue weighted by Gasteiger charge is 2.23. The Bertz CT molecular complexity index is 987. The Morgan fingerprint density at radius 1 is 1.38 bits per heavy atom. The van der Waals surface area contributed by atoms with Crippen LogP contribution in [0.25, 0.3) is 0 Å². The number of aromatic nitrogens is 2. The maximum Gasteiger partial charge on any atom is 0.270 e. The molecule has 2 aromatic rings. The summed E-state index contributed by atoms with van der Waals surface area (Å²) in [7, 11) is 5.70. The molecule has 6 nitrogen and oxygen atoms in total. The summed E-state index contributed by atoms with van der Waals surface area (Å²) in [6.45, 7) is 9.51. The second kappa shape index (κ2) is 9.24. The van der Waals surface area contributed by atoms with Crippen molar-refractivity contribution in [1.29, 1.82) is 0 Å². The topological polar surface area (TPSA) is 53.5 Å². The van der Waals surface area contributed by atoms with Gasteiger partial charge in [-0.25, -0.2) is 8.99 Å². The van der Waals surface area contributed by atoms with Crippen molar-refractivity contribution < 1.29 is 4.74 Å². The molecule has 0 saturated carbocycles. The van der Waals surface area contributed by atoms with Gasteiger partial charge in [0, 0.05) is 31.1 Å². The fourth-order valence-electron chi connectivity index (χ4n) is 3.39. The molecule has 0 unspecified atom stereocenters. The van der Waals surface area contributed by atoms with E-state index >= 15 is 0 Å². The molecular formula is C22H28N4O2S. The zero-order valence-corrected chi connectivity index (χ0v) is 18.1. The number of rotatable bonds is 8. The number of anilines is 1. The Morgan fingerprint density at radius 3 is 2.83 bits per heavy atom. The molecule has 7 heteroatoms. The average molecular weight is 413 g/mol. The van der Waals surface area contributed by atoms with Crippen molar-refractivity contribution in [1.82, 2.24) is 14.1 Å². The van der Waals surface area contributed by atoms with E-state index in [4.69, 9.17) is 4.74 Å². The number of ether oxygens (including phenoxy) is 1. The second-order valence-electron chi connectivity index (χ2n) is 7.07.